The number of carboxylic acids is 1. The molecule has 0 radical (unpaired) electrons. The summed E-state index contributed by atoms with van der Waals surface area (Å²) in [7, 11) is 0. The quantitative estimate of drug-likeness (QED) is 0.871. The van der Waals surface area contributed by atoms with Crippen LogP contribution < -0.4 is 0 Å². The molecule has 0 aliphatic heterocycles. The summed E-state index contributed by atoms with van der Waals surface area (Å²) in [4.78, 5) is 10.3. The minimum absolute atomic E-state index is 0.157. The van der Waals surface area contributed by atoms with Crippen molar-refractivity contribution in [2.45, 2.75) is 13.3 Å². The second kappa shape index (κ2) is 3.87. The van der Waals surface area contributed by atoms with Crippen molar-refractivity contribution >= 4 is 21.9 Å². The Morgan fingerprint density at radius 3 is 2.69 bits per heavy atom. The molecule has 0 aliphatic rings. The fraction of sp³-hybridized carbons (Fsp3) is 0.222. The predicted molar refractivity (Wildman–Crippen MR) is 50.2 cm³/mol. The van der Waals surface area contributed by atoms with E-state index in [0.717, 1.165) is 0 Å². The van der Waals surface area contributed by atoms with E-state index in [-0.39, 0.29) is 12.2 Å². The van der Waals surface area contributed by atoms with Crippen molar-refractivity contribution in [1.82, 2.24) is 0 Å². The first-order valence-electron chi connectivity index (χ1n) is 3.67. The van der Waals surface area contributed by atoms with Crippen LogP contribution in [0, 0.1) is 12.7 Å². The number of aliphatic carboxylic acids is 1. The molecule has 0 fully saturated rings. The molecule has 1 aromatic carbocycles. The van der Waals surface area contributed by atoms with Crippen molar-refractivity contribution in [3.63, 3.8) is 0 Å². The first-order chi connectivity index (χ1) is 6.00. The van der Waals surface area contributed by atoms with Crippen LogP contribution in [0.4, 0.5) is 4.39 Å². The van der Waals surface area contributed by atoms with Crippen LogP contribution in [0.25, 0.3) is 0 Å². The van der Waals surface area contributed by atoms with E-state index in [1.807, 2.05) is 0 Å². The monoisotopic (exact) mass is 246 g/mol. The number of hydrogen-bond donors (Lipinski definition) is 1. The highest BCUT2D eigenvalue weighted by molar-refractivity contribution is 9.10. The van der Waals surface area contributed by atoms with Crippen molar-refractivity contribution in [2.24, 2.45) is 0 Å². The van der Waals surface area contributed by atoms with Crippen LogP contribution in [-0.4, -0.2) is 11.1 Å². The maximum absolute atomic E-state index is 13.1. The van der Waals surface area contributed by atoms with Gasteiger partial charge in [0.25, 0.3) is 0 Å². The summed E-state index contributed by atoms with van der Waals surface area (Å²) in [6.07, 6.45) is -0.157. The van der Waals surface area contributed by atoms with Gasteiger partial charge in [-0.1, -0.05) is 15.9 Å². The van der Waals surface area contributed by atoms with Gasteiger partial charge in [-0.05, 0) is 30.2 Å². The Kier molecular flexibility index (Phi) is 3.03. The Bertz CT molecular complexity index is 326. The van der Waals surface area contributed by atoms with Crippen LogP contribution in [0.1, 0.15) is 11.1 Å². The van der Waals surface area contributed by atoms with Crippen molar-refractivity contribution < 1.29 is 14.3 Å². The summed E-state index contributed by atoms with van der Waals surface area (Å²) in [6, 6.07) is 2.86. The molecule has 0 spiro atoms. The molecule has 13 heavy (non-hydrogen) atoms. The number of carboxylic acid groups (broad SMARTS) is 1. The zero-order valence-corrected chi connectivity index (χ0v) is 8.56. The molecule has 70 valence electrons. The molecule has 0 aliphatic carbocycles. The molecule has 0 heterocycles. The molecule has 1 aromatic rings. The molecule has 0 atom stereocenters. The Hall–Kier alpha value is -0.900. The van der Waals surface area contributed by atoms with Crippen LogP contribution >= 0.6 is 15.9 Å². The molecule has 4 heteroatoms. The van der Waals surface area contributed by atoms with E-state index >= 15 is 0 Å². The van der Waals surface area contributed by atoms with Gasteiger partial charge in [0.05, 0.1) is 6.42 Å². The summed E-state index contributed by atoms with van der Waals surface area (Å²) in [5.41, 5.74) is 0.955. The van der Waals surface area contributed by atoms with Crippen LogP contribution in [-0.2, 0) is 11.2 Å². The molecular weight excluding hydrogens is 239 g/mol. The van der Waals surface area contributed by atoms with Crippen LogP contribution in [0.2, 0.25) is 0 Å². The van der Waals surface area contributed by atoms with Gasteiger partial charge in [-0.3, -0.25) is 4.79 Å². The number of hydrogen-bond acceptors (Lipinski definition) is 1. The standard InChI is InChI=1S/C9H8BrFO2/c1-5-7(10)2-6(3-8(5)11)4-9(12)13/h2-3H,4H2,1H3,(H,12,13). The average molecular weight is 247 g/mol. The smallest absolute Gasteiger partial charge is 0.307 e. The largest absolute Gasteiger partial charge is 0.481 e. The summed E-state index contributed by atoms with van der Waals surface area (Å²) in [5.74, 6) is -1.35. The number of benzene rings is 1. The third kappa shape index (κ3) is 2.52. The van der Waals surface area contributed by atoms with Gasteiger partial charge in [0, 0.05) is 4.47 Å². The number of halogens is 2. The Labute approximate surface area is 83.5 Å². The molecule has 1 rings (SSSR count). The second-order valence-electron chi connectivity index (χ2n) is 2.75. The highest BCUT2D eigenvalue weighted by Crippen LogP contribution is 2.21. The van der Waals surface area contributed by atoms with E-state index in [9.17, 15) is 9.18 Å². The normalized spacial score (nSPS) is 10.1. The van der Waals surface area contributed by atoms with Gasteiger partial charge in [-0.15, -0.1) is 0 Å². The molecular formula is C9H8BrFO2. The van der Waals surface area contributed by atoms with Crippen molar-refractivity contribution in [3.05, 3.63) is 33.5 Å². The predicted octanol–water partition coefficient (Wildman–Crippen LogP) is 2.52. The molecule has 1 N–H and O–H groups in total. The van der Waals surface area contributed by atoms with Crippen molar-refractivity contribution in [2.75, 3.05) is 0 Å². The van der Waals surface area contributed by atoms with E-state index in [4.69, 9.17) is 5.11 Å². The van der Waals surface area contributed by atoms with Crippen LogP contribution in [0.3, 0.4) is 0 Å². The number of rotatable bonds is 2. The van der Waals surface area contributed by atoms with Gasteiger partial charge in [-0.2, -0.15) is 0 Å². The van der Waals surface area contributed by atoms with Gasteiger partial charge in [-0.25, -0.2) is 4.39 Å². The lowest BCUT2D eigenvalue weighted by molar-refractivity contribution is -0.136. The number of carbonyl (C=O) groups is 1. The zero-order chi connectivity index (χ0) is 10.0. The van der Waals surface area contributed by atoms with Crippen LogP contribution in [0.15, 0.2) is 16.6 Å². The van der Waals surface area contributed by atoms with Gasteiger partial charge >= 0.3 is 5.97 Å². The first kappa shape index (κ1) is 10.2. The molecule has 0 saturated carbocycles. The highest BCUT2D eigenvalue weighted by atomic mass is 79.9. The van der Waals surface area contributed by atoms with Crippen LogP contribution in [0.5, 0.6) is 0 Å². The SMILES string of the molecule is Cc1c(F)cc(CC(=O)O)cc1Br. The average Bonchev–Trinajstić information content (AvgIpc) is 1.98. The summed E-state index contributed by atoms with van der Waals surface area (Å²) < 4.78 is 13.7. The zero-order valence-electron chi connectivity index (χ0n) is 6.97. The lowest BCUT2D eigenvalue weighted by Gasteiger charge is -2.03. The van der Waals surface area contributed by atoms with E-state index in [1.165, 1.54) is 6.07 Å². The Morgan fingerprint density at radius 1 is 1.62 bits per heavy atom. The minimum Gasteiger partial charge on any atom is -0.481 e. The third-order valence-electron chi connectivity index (χ3n) is 1.70. The maximum Gasteiger partial charge on any atom is 0.307 e. The molecule has 0 aromatic heterocycles. The molecule has 0 saturated heterocycles. The molecule has 0 bridgehead atoms. The van der Waals surface area contributed by atoms with Gasteiger partial charge in [0.15, 0.2) is 0 Å². The lowest BCUT2D eigenvalue weighted by atomic mass is 10.1. The molecule has 0 unspecified atom stereocenters. The minimum atomic E-state index is -0.963. The maximum atomic E-state index is 13.1. The highest BCUT2D eigenvalue weighted by Gasteiger charge is 2.07. The van der Waals surface area contributed by atoms with E-state index in [1.54, 1.807) is 13.0 Å². The van der Waals surface area contributed by atoms with Gasteiger partial charge in [0.2, 0.25) is 0 Å². The van der Waals surface area contributed by atoms with E-state index < -0.39 is 5.97 Å². The Balaban J connectivity index is 3.06. The molecule has 2 nitrogen and oxygen atoms in total. The summed E-state index contributed by atoms with van der Waals surface area (Å²) in [6.45, 7) is 1.63. The topological polar surface area (TPSA) is 37.3 Å². The third-order valence-corrected chi connectivity index (χ3v) is 2.52. The summed E-state index contributed by atoms with van der Waals surface area (Å²) >= 11 is 3.15. The summed E-state index contributed by atoms with van der Waals surface area (Å²) in [5, 5.41) is 8.48. The van der Waals surface area contributed by atoms with Gasteiger partial charge < -0.3 is 5.11 Å². The fourth-order valence-electron chi connectivity index (χ4n) is 0.974. The van der Waals surface area contributed by atoms with E-state index in [0.29, 0.717) is 15.6 Å². The van der Waals surface area contributed by atoms with E-state index in [2.05, 4.69) is 15.9 Å². The Morgan fingerprint density at radius 2 is 2.23 bits per heavy atom. The first-order valence-corrected chi connectivity index (χ1v) is 4.46. The van der Waals surface area contributed by atoms with Gasteiger partial charge in [0.1, 0.15) is 5.82 Å². The fourth-order valence-corrected chi connectivity index (χ4v) is 1.46. The van der Waals surface area contributed by atoms with Crippen molar-refractivity contribution in [1.29, 1.82) is 0 Å². The molecule has 0 amide bonds. The van der Waals surface area contributed by atoms with Crippen molar-refractivity contribution in [3.8, 4) is 0 Å². The second-order valence-corrected chi connectivity index (χ2v) is 3.61. The lowest BCUT2D eigenvalue weighted by Crippen LogP contribution is -2.01.